The molecule has 1 aromatic carbocycles. The molecule has 26 nitrogen and oxygen atoms in total. The van der Waals surface area contributed by atoms with E-state index in [0.29, 0.717) is 107 Å². The molecule has 7 amide bonds. The van der Waals surface area contributed by atoms with Crippen molar-refractivity contribution in [1.29, 1.82) is 0 Å². The van der Waals surface area contributed by atoms with Gasteiger partial charge < -0.3 is 52.0 Å². The minimum Gasteiger partial charge on any atom is -0.481 e. The van der Waals surface area contributed by atoms with E-state index in [2.05, 4.69) is 31.9 Å². The number of unbranched alkanes of at least 4 members (excludes halogenated alkanes) is 1. The van der Waals surface area contributed by atoms with Gasteiger partial charge in [0.25, 0.3) is 17.7 Å². The van der Waals surface area contributed by atoms with Gasteiger partial charge in [-0.25, -0.2) is 39.7 Å². The number of amides is 7. The number of carbonyl (C=O) groups excluding carboxylic acids is 6. The van der Waals surface area contributed by atoms with Gasteiger partial charge in [-0.15, -0.1) is 68.0 Å². The summed E-state index contributed by atoms with van der Waals surface area (Å²) in [4.78, 5) is 144. The van der Waals surface area contributed by atoms with Crippen LogP contribution in [0.4, 0.5) is 10.6 Å². The average Bonchev–Trinajstić information content (AvgIpc) is 1.62. The van der Waals surface area contributed by atoms with Crippen molar-refractivity contribution in [2.75, 3.05) is 32.1 Å². The van der Waals surface area contributed by atoms with Crippen LogP contribution in [0.5, 0.6) is 0 Å². The maximum Gasteiger partial charge on any atom is 0.323 e. The minimum atomic E-state index is -1.31. The zero-order chi connectivity index (χ0) is 65.3. The highest BCUT2D eigenvalue weighted by Gasteiger charge is 2.34. The van der Waals surface area contributed by atoms with Gasteiger partial charge in [0.2, 0.25) is 11.8 Å². The molecular formula is C60H64N14O12S6. The van der Waals surface area contributed by atoms with Crippen molar-refractivity contribution in [3.8, 4) is 43.4 Å². The van der Waals surface area contributed by atoms with E-state index in [1.165, 1.54) is 53.1 Å². The topological polar surface area (TPSA) is 372 Å². The number of benzene rings is 1. The maximum absolute atomic E-state index is 14.4. The molecule has 0 radical (unpaired) electrons. The van der Waals surface area contributed by atoms with Gasteiger partial charge in [-0.05, 0) is 69.1 Å². The fourth-order valence-corrected chi connectivity index (χ4v) is 15.9. The number of aliphatic hydroxyl groups is 1. The summed E-state index contributed by atoms with van der Waals surface area (Å²) in [5, 5.41) is 57.0. The number of methoxy groups -OCH3 is 1. The number of pyridine rings is 1. The molecule has 32 heteroatoms. The number of nitrogens with one attached hydrogen (secondary N) is 6. The summed E-state index contributed by atoms with van der Waals surface area (Å²) in [5.41, 5.74) is 2.43. The Morgan fingerprint density at radius 2 is 1.40 bits per heavy atom. The maximum atomic E-state index is 14.4. The standard InChI is InChI=1S/C60H64N14O12S6/c1-28(2)44-58-73-47(39(92-58)23-86-5)51(81)62-22-42(76)70-48(49(79)30-11-7-6-8-12-30)57-68-38(26-89-57)55-66-36(24-88-55)46-33(53-67-37(25-87-53)50(80)65-35(21-41(75)61-4)56-72-45(29(3)91-56)52(82)71-44)18-19-34(64-46)54-69-40(27-90-54)74(20-10-9-13-43(77)78)60(85)63-32-16-14-31(15-17-32)59(83)84/h6-8,11-12,18-19,24-28,31-32,35,44,48-49,79H,9-10,13-17,20-23H2,1-5H3,(H,61,75)(H,62,81)(H,63,85)(H,65,80)(H,70,76)(H,71,82)(H,77,78)(H,83,84)/t31?,32?,35-,44-,48-,49-/m0/s1. The molecule has 8 aromatic rings. The average molecular weight is 1370 g/mol. The Hall–Kier alpha value is -8.37. The van der Waals surface area contributed by atoms with Crippen LogP contribution in [0.2, 0.25) is 0 Å². The molecule has 0 unspecified atom stereocenters. The third-order valence-electron chi connectivity index (χ3n) is 15.2. The van der Waals surface area contributed by atoms with Crippen molar-refractivity contribution in [3.63, 3.8) is 0 Å². The van der Waals surface area contributed by atoms with Crippen LogP contribution in [0.1, 0.15) is 151 Å². The van der Waals surface area contributed by atoms with Gasteiger partial charge in [-0.1, -0.05) is 44.2 Å². The fraction of sp³-hybridized carbons (Fsp3) is 0.383. The molecule has 1 fully saturated rings. The fourth-order valence-electron chi connectivity index (χ4n) is 10.3. The first kappa shape index (κ1) is 66.5. The number of ether oxygens (including phenoxy) is 1. The van der Waals surface area contributed by atoms with Crippen LogP contribution in [0.25, 0.3) is 43.4 Å². The number of anilines is 1. The van der Waals surface area contributed by atoms with Crippen molar-refractivity contribution in [2.24, 2.45) is 11.8 Å². The summed E-state index contributed by atoms with van der Waals surface area (Å²) < 4.78 is 5.46. The molecule has 1 aliphatic heterocycles. The molecule has 2 aliphatic rings. The molecule has 0 saturated heterocycles. The lowest BCUT2D eigenvalue weighted by Gasteiger charge is -2.29. The Morgan fingerprint density at radius 3 is 2.13 bits per heavy atom. The lowest BCUT2D eigenvalue weighted by Crippen LogP contribution is -2.47. The van der Waals surface area contributed by atoms with E-state index in [1.54, 1.807) is 70.9 Å². The molecule has 9 N–H and O–H groups in total. The molecule has 1 saturated carbocycles. The number of carbonyl (C=O) groups is 8. The van der Waals surface area contributed by atoms with Crippen LogP contribution in [0, 0.1) is 18.8 Å². The van der Waals surface area contributed by atoms with Crippen molar-refractivity contribution in [2.45, 2.75) is 109 Å². The number of thiazole rings is 6. The van der Waals surface area contributed by atoms with E-state index >= 15 is 0 Å². The zero-order valence-corrected chi connectivity index (χ0v) is 55.1. The van der Waals surface area contributed by atoms with Crippen LogP contribution in [0.3, 0.4) is 0 Å². The Balaban J connectivity index is 1.03. The minimum absolute atomic E-state index is 0.00391. The summed E-state index contributed by atoms with van der Waals surface area (Å²) in [6.07, 6.45) is 0.770. The highest BCUT2D eigenvalue weighted by molar-refractivity contribution is 7.15. The Bertz CT molecular complexity index is 4020. The zero-order valence-electron chi connectivity index (χ0n) is 50.2. The number of urea groups is 1. The predicted molar refractivity (Wildman–Crippen MR) is 348 cm³/mol. The summed E-state index contributed by atoms with van der Waals surface area (Å²) in [5.74, 6) is -5.28. The van der Waals surface area contributed by atoms with E-state index < -0.39 is 84.2 Å². The second-order valence-electron chi connectivity index (χ2n) is 22.0. The van der Waals surface area contributed by atoms with Gasteiger partial charge in [0.1, 0.15) is 82.2 Å². The third-order valence-corrected chi connectivity index (χ3v) is 20.9. The smallest absolute Gasteiger partial charge is 0.323 e. The quantitative estimate of drug-likeness (QED) is 0.0408. The van der Waals surface area contributed by atoms with Gasteiger partial charge in [-0.3, -0.25) is 38.5 Å². The van der Waals surface area contributed by atoms with E-state index in [-0.39, 0.29) is 65.9 Å². The largest absolute Gasteiger partial charge is 0.481 e. The van der Waals surface area contributed by atoms with Gasteiger partial charge in [0.15, 0.2) is 0 Å². The molecule has 10 rings (SSSR count). The number of aryl methyl sites for hydroxylation is 1. The summed E-state index contributed by atoms with van der Waals surface area (Å²) in [6, 6.07) is 8.59. The van der Waals surface area contributed by atoms with Crippen LogP contribution in [0.15, 0.2) is 64.0 Å². The number of aliphatic carboxylic acids is 2. The van der Waals surface area contributed by atoms with E-state index in [9.17, 15) is 53.7 Å². The number of carboxylic acid groups (broad SMARTS) is 2. The van der Waals surface area contributed by atoms with Gasteiger partial charge in [-0.2, -0.15) is 0 Å². The molecule has 4 atom stereocenters. The lowest BCUT2D eigenvalue weighted by molar-refractivity contribution is -0.143. The Kier molecular flexibility index (Phi) is 21.7. The SMILES string of the molecule is CNC(=O)C[C@@H]1NC(=O)c2csc(n2)-c2ccc(-c3nc(N(CCCCC(=O)O)C(=O)NC4CCC(C(=O)O)CC4)cs3)nc2-c2csc(n2)-c2csc(n2)[C@H]([C@@H](O)c2ccccc2)NC(=O)CNC(=O)c2nc(sc2COC)[C@H](C(C)C)NC(=O)c2nc1sc2C. The normalized spacial score (nSPS) is 18.4. The number of carboxylic acids is 2. The van der Waals surface area contributed by atoms with Crippen LogP contribution in [-0.2, 0) is 30.5 Å². The molecule has 10 bridgehead atoms. The van der Waals surface area contributed by atoms with Crippen LogP contribution < -0.4 is 36.8 Å². The molecule has 0 spiro atoms. The summed E-state index contributed by atoms with van der Waals surface area (Å²) in [7, 11) is 2.92. The first-order valence-corrected chi connectivity index (χ1v) is 34.4. The van der Waals surface area contributed by atoms with Gasteiger partial charge in [0.05, 0.1) is 48.1 Å². The second kappa shape index (κ2) is 29.9. The third kappa shape index (κ3) is 15.7. The number of rotatable bonds is 16. The second-order valence-corrected chi connectivity index (χ2v) is 27.8. The summed E-state index contributed by atoms with van der Waals surface area (Å²) >= 11 is 7.06. The molecule has 8 heterocycles. The highest BCUT2D eigenvalue weighted by atomic mass is 32.1. The first-order valence-electron chi connectivity index (χ1n) is 29.2. The van der Waals surface area contributed by atoms with Crippen molar-refractivity contribution >= 4 is 121 Å². The number of fused-ring (bicyclic) bond motifs is 14. The van der Waals surface area contributed by atoms with Gasteiger partial charge in [0, 0.05) is 65.1 Å². The monoisotopic (exact) mass is 1360 g/mol. The van der Waals surface area contributed by atoms with Crippen LogP contribution >= 0.6 is 68.0 Å². The molecule has 482 valence electrons. The number of aliphatic hydroxyl groups excluding tert-OH is 1. The number of aromatic nitrogens is 7. The van der Waals surface area contributed by atoms with Crippen LogP contribution in [-0.4, -0.2) is 131 Å². The Morgan fingerprint density at radius 1 is 0.696 bits per heavy atom. The van der Waals surface area contributed by atoms with Gasteiger partial charge >= 0.3 is 18.0 Å². The molecule has 92 heavy (non-hydrogen) atoms. The number of hydrogen-bond donors (Lipinski definition) is 9. The predicted octanol–water partition coefficient (Wildman–Crippen LogP) is 8.73. The molecule has 7 aromatic heterocycles. The van der Waals surface area contributed by atoms with Crippen molar-refractivity contribution in [3.05, 3.63) is 111 Å². The van der Waals surface area contributed by atoms with Crippen molar-refractivity contribution < 1.29 is 58.4 Å². The number of nitrogens with zero attached hydrogens (tertiary/aromatic N) is 8. The first-order chi connectivity index (χ1) is 44.2. The van der Waals surface area contributed by atoms with E-state index in [1.807, 2.05) is 13.8 Å². The molecule has 1 aliphatic carbocycles. The van der Waals surface area contributed by atoms with Crippen molar-refractivity contribution in [1.82, 2.24) is 66.8 Å². The van der Waals surface area contributed by atoms with E-state index in [4.69, 9.17) is 39.6 Å². The lowest BCUT2D eigenvalue weighted by atomic mass is 9.86. The van der Waals surface area contributed by atoms with E-state index in [0.717, 1.165) is 34.0 Å². The molecular weight excluding hydrogens is 1300 g/mol. The number of hydrogen-bond acceptors (Lipinski definition) is 23. The highest BCUT2D eigenvalue weighted by Crippen LogP contribution is 2.41. The summed E-state index contributed by atoms with van der Waals surface area (Å²) in [6.45, 7) is 5.04. The Labute approximate surface area is 550 Å².